The predicted molar refractivity (Wildman–Crippen MR) is 60.3 cm³/mol. The average molecular weight is 200 g/mol. The minimum absolute atomic E-state index is 0.204. The number of rotatable bonds is 8. The molecule has 1 N–H and O–H groups in total. The summed E-state index contributed by atoms with van der Waals surface area (Å²) in [6.45, 7) is 9.72. The van der Waals surface area contributed by atoms with Gasteiger partial charge in [0.2, 0.25) is 5.91 Å². The van der Waals surface area contributed by atoms with Gasteiger partial charge in [-0.05, 0) is 25.9 Å². The molecule has 1 amide bonds. The second-order valence-corrected chi connectivity index (χ2v) is 3.57. The molecule has 0 aliphatic heterocycles. The van der Waals surface area contributed by atoms with Crippen LogP contribution in [0.5, 0.6) is 0 Å². The molecule has 0 aromatic rings. The normalized spacial score (nSPS) is 10.2. The van der Waals surface area contributed by atoms with E-state index in [0.717, 1.165) is 45.4 Å². The van der Waals surface area contributed by atoms with E-state index >= 15 is 0 Å². The fourth-order valence-electron chi connectivity index (χ4n) is 1.35. The molecule has 0 aromatic carbocycles. The molecular formula is C11H24N2O. The van der Waals surface area contributed by atoms with Crippen molar-refractivity contribution in [2.24, 2.45) is 0 Å². The lowest BCUT2D eigenvalue weighted by atomic mass is 10.3. The first-order chi connectivity index (χ1) is 6.72. The van der Waals surface area contributed by atoms with Crippen LogP contribution >= 0.6 is 0 Å². The molecule has 14 heavy (non-hydrogen) atoms. The van der Waals surface area contributed by atoms with Gasteiger partial charge < -0.3 is 10.2 Å². The van der Waals surface area contributed by atoms with Crippen molar-refractivity contribution in [3.05, 3.63) is 0 Å². The average Bonchev–Trinajstić information content (AvgIpc) is 2.16. The SMILES string of the molecule is CCCCN(CCCNCC)C(C)=O. The van der Waals surface area contributed by atoms with Crippen LogP contribution < -0.4 is 5.32 Å². The Hall–Kier alpha value is -0.570. The van der Waals surface area contributed by atoms with Gasteiger partial charge in [0.15, 0.2) is 0 Å². The van der Waals surface area contributed by atoms with Crippen LogP contribution in [-0.2, 0) is 4.79 Å². The second-order valence-electron chi connectivity index (χ2n) is 3.57. The number of carbonyl (C=O) groups is 1. The van der Waals surface area contributed by atoms with E-state index in [4.69, 9.17) is 0 Å². The molecule has 0 spiro atoms. The van der Waals surface area contributed by atoms with Gasteiger partial charge in [-0.2, -0.15) is 0 Å². The molecule has 0 aliphatic rings. The molecule has 3 nitrogen and oxygen atoms in total. The second kappa shape index (κ2) is 9.00. The number of hydrogen-bond acceptors (Lipinski definition) is 2. The summed E-state index contributed by atoms with van der Waals surface area (Å²) in [4.78, 5) is 13.2. The van der Waals surface area contributed by atoms with Crippen molar-refractivity contribution in [2.75, 3.05) is 26.2 Å². The third-order valence-electron chi connectivity index (χ3n) is 2.26. The lowest BCUT2D eigenvalue weighted by Crippen LogP contribution is -2.32. The van der Waals surface area contributed by atoms with E-state index in [9.17, 15) is 4.79 Å². The summed E-state index contributed by atoms with van der Waals surface area (Å²) < 4.78 is 0. The van der Waals surface area contributed by atoms with Crippen molar-refractivity contribution >= 4 is 5.91 Å². The summed E-state index contributed by atoms with van der Waals surface area (Å²) in [6, 6.07) is 0. The summed E-state index contributed by atoms with van der Waals surface area (Å²) in [6.07, 6.45) is 3.31. The maximum absolute atomic E-state index is 11.2. The van der Waals surface area contributed by atoms with Crippen LogP contribution in [0.3, 0.4) is 0 Å². The van der Waals surface area contributed by atoms with Crippen molar-refractivity contribution in [2.45, 2.75) is 40.0 Å². The van der Waals surface area contributed by atoms with E-state index in [0.29, 0.717) is 0 Å². The summed E-state index contributed by atoms with van der Waals surface area (Å²) in [5, 5.41) is 3.26. The van der Waals surface area contributed by atoms with E-state index in [1.165, 1.54) is 0 Å². The van der Waals surface area contributed by atoms with Crippen LogP contribution in [0, 0.1) is 0 Å². The van der Waals surface area contributed by atoms with Gasteiger partial charge in [0.25, 0.3) is 0 Å². The highest BCUT2D eigenvalue weighted by Gasteiger charge is 2.06. The first-order valence-corrected chi connectivity index (χ1v) is 5.68. The third-order valence-corrected chi connectivity index (χ3v) is 2.26. The van der Waals surface area contributed by atoms with Crippen LogP contribution in [0.2, 0.25) is 0 Å². The predicted octanol–water partition coefficient (Wildman–Crippen LogP) is 1.63. The van der Waals surface area contributed by atoms with Crippen LogP contribution in [-0.4, -0.2) is 37.0 Å². The lowest BCUT2D eigenvalue weighted by Gasteiger charge is -2.20. The smallest absolute Gasteiger partial charge is 0.219 e. The van der Waals surface area contributed by atoms with Crippen molar-refractivity contribution in [3.8, 4) is 0 Å². The van der Waals surface area contributed by atoms with E-state index < -0.39 is 0 Å². The number of hydrogen-bond donors (Lipinski definition) is 1. The van der Waals surface area contributed by atoms with Gasteiger partial charge in [0, 0.05) is 20.0 Å². The van der Waals surface area contributed by atoms with Crippen molar-refractivity contribution < 1.29 is 4.79 Å². The Kier molecular flexibility index (Phi) is 8.64. The minimum atomic E-state index is 0.204. The van der Waals surface area contributed by atoms with E-state index in [1.807, 2.05) is 4.90 Å². The maximum atomic E-state index is 11.2. The summed E-state index contributed by atoms with van der Waals surface area (Å²) in [7, 11) is 0. The van der Waals surface area contributed by atoms with Crippen molar-refractivity contribution in [3.63, 3.8) is 0 Å². The fraction of sp³-hybridized carbons (Fsp3) is 0.909. The summed E-state index contributed by atoms with van der Waals surface area (Å²) in [5.74, 6) is 0.204. The molecule has 84 valence electrons. The van der Waals surface area contributed by atoms with Gasteiger partial charge in [-0.1, -0.05) is 20.3 Å². The highest BCUT2D eigenvalue weighted by Crippen LogP contribution is 1.97. The molecule has 0 bridgehead atoms. The number of nitrogens with zero attached hydrogens (tertiary/aromatic N) is 1. The van der Waals surface area contributed by atoms with Gasteiger partial charge in [0.1, 0.15) is 0 Å². The van der Waals surface area contributed by atoms with Gasteiger partial charge in [0.05, 0.1) is 0 Å². The van der Waals surface area contributed by atoms with Gasteiger partial charge in [-0.15, -0.1) is 0 Å². The van der Waals surface area contributed by atoms with Crippen LogP contribution in [0.25, 0.3) is 0 Å². The molecule has 0 atom stereocenters. The zero-order chi connectivity index (χ0) is 10.8. The Morgan fingerprint density at radius 2 is 1.86 bits per heavy atom. The first kappa shape index (κ1) is 13.4. The molecule has 0 rings (SSSR count). The van der Waals surface area contributed by atoms with Gasteiger partial charge >= 0.3 is 0 Å². The Morgan fingerprint density at radius 1 is 1.21 bits per heavy atom. The number of amides is 1. The fourth-order valence-corrected chi connectivity index (χ4v) is 1.35. The molecule has 0 saturated carbocycles. The largest absolute Gasteiger partial charge is 0.343 e. The van der Waals surface area contributed by atoms with Crippen molar-refractivity contribution in [1.82, 2.24) is 10.2 Å². The first-order valence-electron chi connectivity index (χ1n) is 5.68. The molecule has 3 heteroatoms. The van der Waals surface area contributed by atoms with Crippen molar-refractivity contribution in [1.29, 1.82) is 0 Å². The van der Waals surface area contributed by atoms with Gasteiger partial charge in [-0.3, -0.25) is 4.79 Å². The van der Waals surface area contributed by atoms with Crippen LogP contribution in [0.1, 0.15) is 40.0 Å². The summed E-state index contributed by atoms with van der Waals surface area (Å²) >= 11 is 0. The third kappa shape index (κ3) is 6.89. The Bertz CT molecular complexity index is 148. The lowest BCUT2D eigenvalue weighted by molar-refractivity contribution is -0.128. The Labute approximate surface area is 87.9 Å². The number of carbonyl (C=O) groups excluding carboxylic acids is 1. The molecule has 0 heterocycles. The molecule has 0 saturated heterocycles. The number of unbranched alkanes of at least 4 members (excludes halogenated alkanes) is 1. The maximum Gasteiger partial charge on any atom is 0.219 e. The zero-order valence-electron chi connectivity index (χ0n) is 9.81. The zero-order valence-corrected chi connectivity index (χ0v) is 9.81. The molecule has 0 aliphatic carbocycles. The van der Waals surface area contributed by atoms with Crippen LogP contribution in [0.4, 0.5) is 0 Å². The summed E-state index contributed by atoms with van der Waals surface area (Å²) in [5.41, 5.74) is 0. The standard InChI is InChI=1S/C11H24N2O/c1-4-6-9-13(11(3)14)10-7-8-12-5-2/h12H,4-10H2,1-3H3. The Balaban J connectivity index is 3.57. The monoisotopic (exact) mass is 200 g/mol. The highest BCUT2D eigenvalue weighted by molar-refractivity contribution is 5.73. The highest BCUT2D eigenvalue weighted by atomic mass is 16.2. The van der Waals surface area contributed by atoms with E-state index in [2.05, 4.69) is 19.2 Å². The van der Waals surface area contributed by atoms with Gasteiger partial charge in [-0.25, -0.2) is 0 Å². The molecule has 0 fully saturated rings. The molecular weight excluding hydrogens is 176 g/mol. The quantitative estimate of drug-likeness (QED) is 0.604. The van der Waals surface area contributed by atoms with E-state index in [-0.39, 0.29) is 5.91 Å². The minimum Gasteiger partial charge on any atom is -0.343 e. The molecule has 0 aromatic heterocycles. The Morgan fingerprint density at radius 3 is 2.36 bits per heavy atom. The topological polar surface area (TPSA) is 32.3 Å². The van der Waals surface area contributed by atoms with E-state index in [1.54, 1.807) is 6.92 Å². The molecule has 0 unspecified atom stereocenters. The number of nitrogens with one attached hydrogen (secondary N) is 1. The van der Waals surface area contributed by atoms with Crippen LogP contribution in [0.15, 0.2) is 0 Å². The molecule has 0 radical (unpaired) electrons.